The molecule has 1 atom stereocenters. The molecular weight excluding hydrogens is 441 g/mol. The van der Waals surface area contributed by atoms with Gasteiger partial charge in [-0.15, -0.1) is 22.9 Å². The van der Waals surface area contributed by atoms with Gasteiger partial charge >= 0.3 is 0 Å². The van der Waals surface area contributed by atoms with Crippen LogP contribution in [0.15, 0.2) is 35.7 Å². The minimum absolute atomic E-state index is 0.00648. The quantitative estimate of drug-likeness (QED) is 0.647. The smallest absolute Gasteiger partial charge is 0.237 e. The van der Waals surface area contributed by atoms with Gasteiger partial charge in [0.05, 0.1) is 12.6 Å². The average Bonchev–Trinajstić information content (AvgIpc) is 3.09. The van der Waals surface area contributed by atoms with Crippen molar-refractivity contribution in [2.75, 3.05) is 45.1 Å². The van der Waals surface area contributed by atoms with Gasteiger partial charge in [0.1, 0.15) is 5.88 Å². The number of nitrogens with zero attached hydrogens (tertiary/aromatic N) is 3. The topological polar surface area (TPSA) is 43.9 Å². The van der Waals surface area contributed by atoms with Crippen molar-refractivity contribution in [3.05, 3.63) is 56.7 Å². The summed E-state index contributed by atoms with van der Waals surface area (Å²) in [6.07, 6.45) is 1.74. The third-order valence-corrected chi connectivity index (χ3v) is 7.38. The Kier molecular flexibility index (Phi) is 6.98. The maximum Gasteiger partial charge on any atom is 0.237 e. The van der Waals surface area contributed by atoms with Gasteiger partial charge in [-0.25, -0.2) is 0 Å². The first-order valence-corrected chi connectivity index (χ1v) is 12.0. The Balaban J connectivity index is 1.49. The number of fused-ring (bicyclic) bond motifs is 1. The Morgan fingerprint density at radius 1 is 0.967 bits per heavy atom. The molecular formula is C22H25Cl2N3O2S. The Hall–Kier alpha value is -1.60. The Morgan fingerprint density at radius 2 is 1.67 bits per heavy atom. The van der Waals surface area contributed by atoms with Crippen LogP contribution in [0, 0.1) is 0 Å². The number of hydrogen-bond acceptors (Lipinski definition) is 4. The standard InChI is InChI=1S/C22H25Cl2N3O2S/c23-14-20(28)25-8-1-9-26(12-11-25)21(29)15-27-10-6-19-18(7-13-30-19)22(27)16-2-4-17(24)5-3-16/h2-5,7,13,22H,1,6,8-12,14-15H2. The van der Waals surface area contributed by atoms with Gasteiger partial charge in [0.2, 0.25) is 11.8 Å². The van der Waals surface area contributed by atoms with Crippen LogP contribution < -0.4 is 0 Å². The van der Waals surface area contributed by atoms with Gasteiger partial charge in [-0.1, -0.05) is 23.7 Å². The molecule has 30 heavy (non-hydrogen) atoms. The fraction of sp³-hybridized carbons (Fsp3) is 0.455. The molecule has 1 saturated heterocycles. The zero-order chi connectivity index (χ0) is 21.1. The molecule has 8 heteroatoms. The maximum atomic E-state index is 13.2. The highest BCUT2D eigenvalue weighted by Gasteiger charge is 2.32. The lowest BCUT2D eigenvalue weighted by atomic mass is 9.93. The lowest BCUT2D eigenvalue weighted by Crippen LogP contribution is -2.45. The van der Waals surface area contributed by atoms with Gasteiger partial charge in [0.15, 0.2) is 0 Å². The van der Waals surface area contributed by atoms with E-state index in [2.05, 4.69) is 28.5 Å². The third kappa shape index (κ3) is 4.67. The summed E-state index contributed by atoms with van der Waals surface area (Å²) >= 11 is 13.6. The first-order chi connectivity index (χ1) is 14.6. The molecule has 2 aliphatic rings. The molecule has 0 bridgehead atoms. The van der Waals surface area contributed by atoms with Gasteiger partial charge in [0.25, 0.3) is 0 Å². The number of halogens is 2. The second-order valence-corrected chi connectivity index (χ2v) is 9.43. The van der Waals surface area contributed by atoms with Gasteiger partial charge in [0, 0.05) is 42.6 Å². The zero-order valence-electron chi connectivity index (χ0n) is 16.7. The molecule has 1 fully saturated rings. The molecule has 1 aromatic heterocycles. The molecule has 1 aromatic carbocycles. The van der Waals surface area contributed by atoms with Crippen LogP contribution >= 0.6 is 34.5 Å². The number of carbonyl (C=O) groups excluding carboxylic acids is 2. The zero-order valence-corrected chi connectivity index (χ0v) is 19.1. The van der Waals surface area contributed by atoms with E-state index in [1.165, 1.54) is 10.4 Å². The molecule has 0 radical (unpaired) electrons. The molecule has 5 nitrogen and oxygen atoms in total. The van der Waals surface area contributed by atoms with E-state index >= 15 is 0 Å². The molecule has 0 spiro atoms. The van der Waals surface area contributed by atoms with Crippen LogP contribution in [-0.2, 0) is 16.0 Å². The molecule has 2 aromatic rings. The minimum Gasteiger partial charge on any atom is -0.340 e. The van der Waals surface area contributed by atoms with E-state index < -0.39 is 0 Å². The summed E-state index contributed by atoms with van der Waals surface area (Å²) in [6.45, 7) is 3.65. The van der Waals surface area contributed by atoms with Gasteiger partial charge in [-0.05, 0) is 47.5 Å². The number of thiophene rings is 1. The summed E-state index contributed by atoms with van der Waals surface area (Å²) in [5, 5.41) is 2.85. The highest BCUT2D eigenvalue weighted by Crippen LogP contribution is 2.38. The van der Waals surface area contributed by atoms with E-state index in [1.807, 2.05) is 17.0 Å². The molecule has 3 heterocycles. The fourth-order valence-corrected chi connectivity index (χ4v) is 5.55. The van der Waals surface area contributed by atoms with E-state index in [-0.39, 0.29) is 23.7 Å². The summed E-state index contributed by atoms with van der Waals surface area (Å²) in [5.74, 6) is 0.0515. The van der Waals surface area contributed by atoms with E-state index in [9.17, 15) is 9.59 Å². The molecule has 4 rings (SSSR count). The third-order valence-electron chi connectivity index (χ3n) is 5.91. The van der Waals surface area contributed by atoms with Crippen LogP contribution in [0.5, 0.6) is 0 Å². The molecule has 1 unspecified atom stereocenters. The van der Waals surface area contributed by atoms with Gasteiger partial charge in [-0.2, -0.15) is 0 Å². The fourth-order valence-electron chi connectivity index (χ4n) is 4.35. The van der Waals surface area contributed by atoms with Crippen molar-refractivity contribution >= 4 is 46.4 Å². The number of benzene rings is 1. The molecule has 2 aliphatic heterocycles. The lowest BCUT2D eigenvalue weighted by molar-refractivity contribution is -0.133. The van der Waals surface area contributed by atoms with Crippen LogP contribution in [0.25, 0.3) is 0 Å². The number of hydrogen-bond donors (Lipinski definition) is 0. The Labute approximate surface area is 191 Å². The minimum atomic E-state index is -0.0604. The predicted molar refractivity (Wildman–Crippen MR) is 121 cm³/mol. The van der Waals surface area contributed by atoms with Gasteiger partial charge < -0.3 is 9.80 Å². The van der Waals surface area contributed by atoms with E-state index in [4.69, 9.17) is 23.2 Å². The van der Waals surface area contributed by atoms with E-state index in [1.54, 1.807) is 16.2 Å². The summed E-state index contributed by atoms with van der Waals surface area (Å²) in [7, 11) is 0. The van der Waals surface area contributed by atoms with Crippen LogP contribution in [-0.4, -0.2) is 71.7 Å². The second-order valence-electron chi connectivity index (χ2n) is 7.72. The molecule has 160 valence electrons. The second kappa shape index (κ2) is 9.69. The molecule has 0 aliphatic carbocycles. The highest BCUT2D eigenvalue weighted by atomic mass is 35.5. The maximum absolute atomic E-state index is 13.2. The first-order valence-electron chi connectivity index (χ1n) is 10.2. The van der Waals surface area contributed by atoms with Crippen LogP contribution in [0.3, 0.4) is 0 Å². The monoisotopic (exact) mass is 465 g/mol. The number of rotatable bonds is 4. The SMILES string of the molecule is O=C(CCl)N1CCCN(C(=O)CN2CCc3sccc3C2c2ccc(Cl)cc2)CC1. The van der Waals surface area contributed by atoms with Crippen LogP contribution in [0.2, 0.25) is 5.02 Å². The summed E-state index contributed by atoms with van der Waals surface area (Å²) < 4.78 is 0. The van der Waals surface area contributed by atoms with Crippen molar-refractivity contribution in [2.24, 2.45) is 0 Å². The normalized spacial score (nSPS) is 20.0. The van der Waals surface area contributed by atoms with Crippen molar-refractivity contribution in [3.8, 4) is 0 Å². The number of alkyl halides is 1. The van der Waals surface area contributed by atoms with Crippen molar-refractivity contribution in [2.45, 2.75) is 18.9 Å². The van der Waals surface area contributed by atoms with Crippen molar-refractivity contribution < 1.29 is 9.59 Å². The lowest BCUT2D eigenvalue weighted by Gasteiger charge is -2.37. The van der Waals surface area contributed by atoms with E-state index in [0.29, 0.717) is 37.7 Å². The number of carbonyl (C=O) groups is 2. The summed E-state index contributed by atoms with van der Waals surface area (Å²) in [4.78, 5) is 32.4. The molecule has 0 saturated carbocycles. The Morgan fingerprint density at radius 3 is 2.37 bits per heavy atom. The Bertz CT molecular complexity index is 902. The van der Waals surface area contributed by atoms with Crippen molar-refractivity contribution in [1.29, 1.82) is 0 Å². The van der Waals surface area contributed by atoms with Crippen molar-refractivity contribution in [1.82, 2.24) is 14.7 Å². The largest absolute Gasteiger partial charge is 0.340 e. The average molecular weight is 466 g/mol. The first kappa shape index (κ1) is 21.6. The molecule has 2 amide bonds. The van der Waals surface area contributed by atoms with E-state index in [0.717, 1.165) is 24.9 Å². The summed E-state index contributed by atoms with van der Waals surface area (Å²) in [5.41, 5.74) is 2.44. The van der Waals surface area contributed by atoms with Gasteiger partial charge in [-0.3, -0.25) is 14.5 Å². The van der Waals surface area contributed by atoms with Crippen LogP contribution in [0.1, 0.15) is 28.5 Å². The summed E-state index contributed by atoms with van der Waals surface area (Å²) in [6, 6.07) is 10.2. The predicted octanol–water partition coefficient (Wildman–Crippen LogP) is 3.65. The van der Waals surface area contributed by atoms with Crippen LogP contribution in [0.4, 0.5) is 0 Å². The van der Waals surface area contributed by atoms with Crippen molar-refractivity contribution in [3.63, 3.8) is 0 Å². The molecule has 0 N–H and O–H groups in total. The number of amides is 2. The highest BCUT2D eigenvalue weighted by molar-refractivity contribution is 7.10.